The number of hydrogen-bond donors (Lipinski definition) is 0. The Morgan fingerprint density at radius 2 is 1.14 bits per heavy atom. The lowest BCUT2D eigenvalue weighted by Crippen LogP contribution is -2.10. The molecule has 6 aromatic carbocycles. The van der Waals surface area contributed by atoms with Gasteiger partial charge in [0.1, 0.15) is 11.2 Å². The van der Waals surface area contributed by atoms with Crippen molar-refractivity contribution in [1.82, 2.24) is 9.97 Å². The van der Waals surface area contributed by atoms with E-state index in [9.17, 15) is 0 Å². The number of fused-ring (bicyclic) bond motifs is 16. The van der Waals surface area contributed by atoms with Gasteiger partial charge in [-0.05, 0) is 107 Å². The van der Waals surface area contributed by atoms with Crippen molar-refractivity contribution in [2.24, 2.45) is 0 Å². The third-order valence-corrected chi connectivity index (χ3v) is 9.85. The highest BCUT2D eigenvalue weighted by atomic mass is 16.3. The number of allylic oxidation sites excluding steroid dienone is 4. The Balaban J connectivity index is 1.22. The molecule has 4 heteroatoms. The predicted octanol–water partition coefficient (Wildman–Crippen LogP) is 12.4. The molecule has 10 bridgehead atoms. The maximum absolute atomic E-state index is 6.22. The highest BCUT2D eigenvalue weighted by molar-refractivity contribution is 6.06. The van der Waals surface area contributed by atoms with Crippen LogP contribution in [-0.4, -0.2) is 9.97 Å². The van der Waals surface area contributed by atoms with Crippen molar-refractivity contribution in [2.45, 2.75) is 12.8 Å². The zero-order valence-corrected chi connectivity index (χ0v) is 27.3. The second-order valence-corrected chi connectivity index (χ2v) is 13.0. The number of benzene rings is 6. The van der Waals surface area contributed by atoms with Gasteiger partial charge in [-0.15, -0.1) is 0 Å². The van der Waals surface area contributed by atoms with Gasteiger partial charge < -0.3 is 9.32 Å². The van der Waals surface area contributed by atoms with Crippen LogP contribution in [0, 0.1) is 0 Å². The Labute approximate surface area is 290 Å². The molecule has 3 heterocycles. The Morgan fingerprint density at radius 1 is 0.480 bits per heavy atom. The van der Waals surface area contributed by atoms with E-state index in [0.29, 0.717) is 0 Å². The second kappa shape index (κ2) is 11.6. The van der Waals surface area contributed by atoms with Crippen LogP contribution in [-0.2, 0) is 0 Å². The van der Waals surface area contributed by atoms with E-state index in [2.05, 4.69) is 151 Å². The number of hydrogen-bond acceptors (Lipinski definition) is 4. The number of para-hydroxylation sites is 1. The topological polar surface area (TPSA) is 42.2 Å². The first kappa shape index (κ1) is 28.5. The van der Waals surface area contributed by atoms with Gasteiger partial charge in [-0.3, -0.25) is 0 Å². The Morgan fingerprint density at radius 3 is 2.02 bits per heavy atom. The molecule has 4 nitrogen and oxygen atoms in total. The maximum atomic E-state index is 6.22. The molecule has 0 amide bonds. The van der Waals surface area contributed by atoms with Crippen LogP contribution in [0.5, 0.6) is 0 Å². The van der Waals surface area contributed by atoms with E-state index in [4.69, 9.17) is 14.4 Å². The van der Waals surface area contributed by atoms with Crippen molar-refractivity contribution in [3.8, 4) is 33.8 Å². The largest absolute Gasteiger partial charge is 0.456 e. The number of anilines is 3. The van der Waals surface area contributed by atoms with Gasteiger partial charge in [0.25, 0.3) is 0 Å². The van der Waals surface area contributed by atoms with E-state index in [1.165, 1.54) is 11.1 Å². The monoisotopic (exact) mass is 641 g/mol. The van der Waals surface area contributed by atoms with Crippen molar-refractivity contribution < 1.29 is 4.42 Å². The first-order valence-electron chi connectivity index (χ1n) is 17.1. The number of nitrogens with zero attached hydrogens (tertiary/aromatic N) is 3. The summed E-state index contributed by atoms with van der Waals surface area (Å²) >= 11 is 0. The average molecular weight is 642 g/mol. The highest BCUT2D eigenvalue weighted by Gasteiger charge is 2.20. The number of furan rings is 1. The van der Waals surface area contributed by atoms with E-state index < -0.39 is 0 Å². The molecule has 0 spiro atoms. The highest BCUT2D eigenvalue weighted by Crippen LogP contribution is 2.42. The molecule has 0 atom stereocenters. The Bertz CT molecular complexity index is 2670. The summed E-state index contributed by atoms with van der Waals surface area (Å²) in [6, 6.07) is 53.7. The first-order chi connectivity index (χ1) is 24.7. The average Bonchev–Trinajstić information content (AvgIpc) is 3.56. The van der Waals surface area contributed by atoms with E-state index >= 15 is 0 Å². The van der Waals surface area contributed by atoms with Crippen molar-refractivity contribution in [3.05, 3.63) is 175 Å². The third kappa shape index (κ3) is 4.92. The molecule has 8 aromatic rings. The summed E-state index contributed by atoms with van der Waals surface area (Å²) in [5.41, 5.74) is 14.8. The van der Waals surface area contributed by atoms with Gasteiger partial charge in [0.2, 0.25) is 0 Å². The molecule has 1 aliphatic carbocycles. The molecular weight excluding hydrogens is 611 g/mol. The summed E-state index contributed by atoms with van der Waals surface area (Å²) in [4.78, 5) is 12.7. The molecule has 0 radical (unpaired) electrons. The summed E-state index contributed by atoms with van der Waals surface area (Å²) in [5.74, 6) is 0.720. The van der Waals surface area contributed by atoms with Crippen LogP contribution in [0.25, 0.3) is 66.9 Å². The first-order valence-corrected chi connectivity index (χ1v) is 17.1. The minimum absolute atomic E-state index is 0.720. The molecular formula is C46H31N3O. The summed E-state index contributed by atoms with van der Waals surface area (Å²) in [6.45, 7) is 0. The van der Waals surface area contributed by atoms with E-state index in [0.717, 1.165) is 96.9 Å². The van der Waals surface area contributed by atoms with Gasteiger partial charge >= 0.3 is 0 Å². The number of aromatic nitrogens is 2. The van der Waals surface area contributed by atoms with Crippen LogP contribution in [0.1, 0.15) is 24.1 Å². The maximum Gasteiger partial charge on any atom is 0.160 e. The van der Waals surface area contributed by atoms with Crippen molar-refractivity contribution >= 4 is 50.1 Å². The second-order valence-electron chi connectivity index (χ2n) is 13.0. The standard InChI is InChI=1S/C46H31N3O/c1-2-10-30(11-3-1)42-29-43-35-16-6-12-31(24-35)33-14-8-18-37(26-33)49(39-22-23-45-41(28-39)40-20-4-5-21-44(40)50-45)38-19-9-15-34(27-38)32-13-7-17-36(25-32)46(47-42)48-43/h1-5,7-11,13-29H,6,12H2. The van der Waals surface area contributed by atoms with Crippen molar-refractivity contribution in [3.63, 3.8) is 0 Å². The zero-order chi connectivity index (χ0) is 33.0. The predicted molar refractivity (Wildman–Crippen MR) is 205 cm³/mol. The van der Waals surface area contributed by atoms with Gasteiger partial charge in [0.05, 0.1) is 11.4 Å². The van der Waals surface area contributed by atoms with Crippen molar-refractivity contribution in [2.75, 3.05) is 4.90 Å². The van der Waals surface area contributed by atoms with Gasteiger partial charge in [-0.25, -0.2) is 9.97 Å². The Kier molecular flexibility index (Phi) is 6.59. The van der Waals surface area contributed by atoms with Crippen LogP contribution in [0.3, 0.4) is 0 Å². The van der Waals surface area contributed by atoms with Gasteiger partial charge in [-0.2, -0.15) is 0 Å². The molecule has 0 fully saturated rings. The fourth-order valence-corrected chi connectivity index (χ4v) is 7.40. The minimum atomic E-state index is 0.720. The van der Waals surface area contributed by atoms with Crippen LogP contribution in [0.15, 0.2) is 168 Å². The molecule has 50 heavy (non-hydrogen) atoms. The molecule has 0 saturated heterocycles. The molecule has 0 N–H and O–H groups in total. The summed E-state index contributed by atoms with van der Waals surface area (Å²) in [5, 5.41) is 2.22. The summed E-state index contributed by atoms with van der Waals surface area (Å²) in [7, 11) is 0. The molecule has 0 unspecified atom stereocenters. The smallest absolute Gasteiger partial charge is 0.160 e. The fraction of sp³-hybridized carbons (Fsp3) is 0.0435. The molecule has 1 aliphatic heterocycles. The summed E-state index contributed by atoms with van der Waals surface area (Å²) < 4.78 is 6.22. The van der Waals surface area contributed by atoms with Gasteiger partial charge in [0, 0.05) is 39.0 Å². The Hall–Kier alpha value is -6.52. The lowest BCUT2D eigenvalue weighted by Gasteiger charge is -2.27. The van der Waals surface area contributed by atoms with E-state index in [1.807, 2.05) is 18.2 Å². The normalized spacial score (nSPS) is 13.6. The van der Waals surface area contributed by atoms with E-state index in [-0.39, 0.29) is 0 Å². The zero-order valence-electron chi connectivity index (χ0n) is 27.3. The lowest BCUT2D eigenvalue weighted by atomic mass is 9.91. The minimum Gasteiger partial charge on any atom is -0.456 e. The summed E-state index contributed by atoms with van der Waals surface area (Å²) in [6.07, 6.45) is 6.54. The van der Waals surface area contributed by atoms with Crippen LogP contribution >= 0.6 is 0 Å². The molecule has 0 saturated carbocycles. The number of rotatable bonds is 2. The van der Waals surface area contributed by atoms with Gasteiger partial charge in [0.15, 0.2) is 5.82 Å². The lowest BCUT2D eigenvalue weighted by molar-refractivity contribution is 0.669. The fourth-order valence-electron chi connectivity index (χ4n) is 7.40. The van der Waals surface area contributed by atoms with Crippen LogP contribution in [0.4, 0.5) is 17.1 Å². The molecule has 236 valence electrons. The molecule has 2 aliphatic rings. The molecule has 2 aromatic heterocycles. The SMILES string of the molecule is C1=C2CCC=C1c1cc(-c3ccccc3)nc(n1)-c1cccc(c1)-c1cccc(c1)N(c1ccc3oc4ccccc4c3c1)c1cccc2c1. The molecule has 10 rings (SSSR count). The van der Waals surface area contributed by atoms with Crippen LogP contribution < -0.4 is 4.90 Å². The van der Waals surface area contributed by atoms with E-state index in [1.54, 1.807) is 0 Å². The van der Waals surface area contributed by atoms with Crippen molar-refractivity contribution in [1.29, 1.82) is 0 Å². The quantitative estimate of drug-likeness (QED) is 0.188. The third-order valence-electron chi connectivity index (χ3n) is 9.85. The van der Waals surface area contributed by atoms with Crippen LogP contribution in [0.2, 0.25) is 0 Å². The van der Waals surface area contributed by atoms with Gasteiger partial charge in [-0.1, -0.05) is 97.1 Å².